The van der Waals surface area contributed by atoms with E-state index in [2.05, 4.69) is 32.4 Å². The lowest BCUT2D eigenvalue weighted by atomic mass is 9.94. The number of hydrogen-bond acceptors (Lipinski definition) is 2. The van der Waals surface area contributed by atoms with E-state index in [1.165, 1.54) is 20.5 Å². The highest BCUT2D eigenvalue weighted by atomic mass is 16.5. The highest BCUT2D eigenvalue weighted by Crippen LogP contribution is 2.16. The van der Waals surface area contributed by atoms with Crippen molar-refractivity contribution in [1.29, 1.82) is 0 Å². The van der Waals surface area contributed by atoms with Gasteiger partial charge >= 0.3 is 5.97 Å². The molecule has 0 amide bonds. The van der Waals surface area contributed by atoms with E-state index in [0.717, 1.165) is 0 Å². The van der Waals surface area contributed by atoms with E-state index >= 15 is 0 Å². The first-order valence-electron chi connectivity index (χ1n) is 5.88. The normalized spacial score (nSPS) is 7.87. The van der Waals surface area contributed by atoms with Gasteiger partial charge in [-0.3, -0.25) is 4.79 Å². The highest BCUT2D eigenvalue weighted by Gasteiger charge is 2.03. The summed E-state index contributed by atoms with van der Waals surface area (Å²) in [5.41, 5.74) is 0.542. The molecule has 0 saturated heterocycles. The van der Waals surface area contributed by atoms with Crippen LogP contribution < -0.4 is 0 Å². The molecule has 2 nitrogen and oxygen atoms in total. The standard InChI is InChI=1S/C6H14.C3H6O2.2C2H6/c1-5-6(2,3)4;1-3(4)5-2;2*1-2/h5H2,1-4H3;1-2H3;2*1-2H3. The zero-order valence-corrected chi connectivity index (χ0v) is 12.5. The first kappa shape index (κ1) is 24.0. The van der Waals surface area contributed by atoms with Gasteiger partial charge in [0.15, 0.2) is 0 Å². The molecule has 0 N–H and O–H groups in total. The van der Waals surface area contributed by atoms with Crippen LogP contribution in [0, 0.1) is 5.41 Å². The van der Waals surface area contributed by atoms with Gasteiger partial charge in [-0.2, -0.15) is 0 Å². The van der Waals surface area contributed by atoms with Crippen LogP contribution in [0.3, 0.4) is 0 Å². The Labute approximate surface area is 97.4 Å². The van der Waals surface area contributed by atoms with E-state index in [4.69, 9.17) is 0 Å². The van der Waals surface area contributed by atoms with Crippen molar-refractivity contribution < 1.29 is 9.53 Å². The Hall–Kier alpha value is -0.530. The van der Waals surface area contributed by atoms with Crippen molar-refractivity contribution in [3.63, 3.8) is 0 Å². The Morgan fingerprint density at radius 2 is 1.20 bits per heavy atom. The fourth-order valence-electron chi connectivity index (χ4n) is 0. The van der Waals surface area contributed by atoms with Gasteiger partial charge in [-0.15, -0.1) is 0 Å². The van der Waals surface area contributed by atoms with Gasteiger partial charge in [0.2, 0.25) is 0 Å². The SMILES string of the molecule is CC.CC.CCC(C)(C)C.COC(C)=O. The molecule has 0 rings (SSSR count). The second-order valence-electron chi connectivity index (χ2n) is 3.61. The van der Waals surface area contributed by atoms with Gasteiger partial charge in [0, 0.05) is 6.92 Å². The number of ether oxygens (including phenoxy) is 1. The van der Waals surface area contributed by atoms with Crippen LogP contribution in [0.1, 0.15) is 68.7 Å². The summed E-state index contributed by atoms with van der Waals surface area (Å²) in [7, 11) is 1.35. The molecule has 0 aromatic carbocycles. The summed E-state index contributed by atoms with van der Waals surface area (Å²) in [5, 5.41) is 0. The molecule has 0 aromatic rings. The molecule has 2 heteroatoms. The van der Waals surface area contributed by atoms with E-state index < -0.39 is 0 Å². The van der Waals surface area contributed by atoms with Crippen molar-refractivity contribution in [1.82, 2.24) is 0 Å². The fourth-order valence-corrected chi connectivity index (χ4v) is 0. The first-order chi connectivity index (χ1) is 6.83. The van der Waals surface area contributed by atoms with Crippen LogP contribution in [0.25, 0.3) is 0 Å². The number of methoxy groups -OCH3 is 1. The third-order valence-corrected chi connectivity index (χ3v) is 1.35. The topological polar surface area (TPSA) is 26.3 Å². The van der Waals surface area contributed by atoms with Crippen molar-refractivity contribution in [2.45, 2.75) is 68.7 Å². The number of esters is 1. The van der Waals surface area contributed by atoms with Gasteiger partial charge in [0.05, 0.1) is 7.11 Å². The average molecular weight is 220 g/mol. The van der Waals surface area contributed by atoms with Crippen LogP contribution in [-0.4, -0.2) is 13.1 Å². The zero-order valence-electron chi connectivity index (χ0n) is 12.5. The molecule has 0 aliphatic rings. The van der Waals surface area contributed by atoms with Gasteiger partial charge in [-0.25, -0.2) is 0 Å². The van der Waals surface area contributed by atoms with Gasteiger partial charge in [-0.05, 0) is 5.41 Å². The third-order valence-electron chi connectivity index (χ3n) is 1.35. The summed E-state index contributed by atoms with van der Waals surface area (Å²) < 4.78 is 4.11. The second kappa shape index (κ2) is 19.1. The second-order valence-corrected chi connectivity index (χ2v) is 3.61. The van der Waals surface area contributed by atoms with Crippen LogP contribution in [0.15, 0.2) is 0 Å². The summed E-state index contributed by atoms with van der Waals surface area (Å²) in [6.07, 6.45) is 1.27. The fraction of sp³-hybridized carbons (Fsp3) is 0.923. The number of carbonyl (C=O) groups excluding carboxylic acids is 1. The average Bonchev–Trinajstić information content (AvgIpc) is 2.23. The van der Waals surface area contributed by atoms with Crippen LogP contribution in [0.4, 0.5) is 0 Å². The zero-order chi connectivity index (χ0) is 13.5. The van der Waals surface area contributed by atoms with Crippen LogP contribution in [0.2, 0.25) is 0 Å². The van der Waals surface area contributed by atoms with Crippen LogP contribution >= 0.6 is 0 Å². The van der Waals surface area contributed by atoms with E-state index in [0.29, 0.717) is 5.41 Å². The maximum absolute atomic E-state index is 9.59. The Kier molecular flexibility index (Phi) is 30.5. The lowest BCUT2D eigenvalue weighted by Gasteiger charge is -2.12. The molecular weight excluding hydrogens is 188 g/mol. The number of hydrogen-bond donors (Lipinski definition) is 0. The number of rotatable bonds is 0. The minimum Gasteiger partial charge on any atom is -0.469 e. The first-order valence-corrected chi connectivity index (χ1v) is 5.88. The van der Waals surface area contributed by atoms with Crippen molar-refractivity contribution in [3.8, 4) is 0 Å². The van der Waals surface area contributed by atoms with Crippen LogP contribution in [0.5, 0.6) is 0 Å². The molecule has 0 spiro atoms. The van der Waals surface area contributed by atoms with Gasteiger partial charge in [-0.1, -0.05) is 61.8 Å². The molecule has 0 radical (unpaired) electrons. The summed E-state index contributed by atoms with van der Waals surface area (Å²) in [6.45, 7) is 18.3. The Bertz CT molecular complexity index is 102. The molecule has 0 saturated carbocycles. The summed E-state index contributed by atoms with van der Waals surface area (Å²) >= 11 is 0. The molecule has 0 unspecified atom stereocenters. The smallest absolute Gasteiger partial charge is 0.302 e. The molecule has 0 fully saturated rings. The molecule has 0 aliphatic carbocycles. The quantitative estimate of drug-likeness (QED) is 0.554. The van der Waals surface area contributed by atoms with Gasteiger partial charge < -0.3 is 4.74 Å². The molecular formula is C13H32O2. The monoisotopic (exact) mass is 220 g/mol. The molecule has 0 atom stereocenters. The van der Waals surface area contributed by atoms with E-state index in [1.807, 2.05) is 27.7 Å². The number of carbonyl (C=O) groups is 1. The van der Waals surface area contributed by atoms with E-state index in [1.54, 1.807) is 0 Å². The Morgan fingerprint density at radius 3 is 1.20 bits per heavy atom. The highest BCUT2D eigenvalue weighted by molar-refractivity contribution is 5.65. The van der Waals surface area contributed by atoms with Crippen molar-refractivity contribution in [2.24, 2.45) is 5.41 Å². The maximum atomic E-state index is 9.59. The molecule has 0 heterocycles. The molecule has 96 valence electrons. The summed E-state index contributed by atoms with van der Waals surface area (Å²) in [6, 6.07) is 0. The molecule has 0 aromatic heterocycles. The predicted octanol–water partition coefficient (Wildman–Crippen LogP) is 4.67. The van der Waals surface area contributed by atoms with Gasteiger partial charge in [0.25, 0.3) is 0 Å². The Morgan fingerprint density at radius 1 is 1.07 bits per heavy atom. The summed E-state index contributed by atoms with van der Waals surface area (Å²) in [4.78, 5) is 9.59. The lowest BCUT2D eigenvalue weighted by molar-refractivity contribution is -0.137. The van der Waals surface area contributed by atoms with Crippen molar-refractivity contribution >= 4 is 5.97 Å². The van der Waals surface area contributed by atoms with E-state index in [9.17, 15) is 4.79 Å². The van der Waals surface area contributed by atoms with Crippen molar-refractivity contribution in [2.75, 3.05) is 7.11 Å². The van der Waals surface area contributed by atoms with E-state index in [-0.39, 0.29) is 5.97 Å². The minimum atomic E-state index is -0.245. The van der Waals surface area contributed by atoms with Crippen molar-refractivity contribution in [3.05, 3.63) is 0 Å². The Balaban J connectivity index is -0.0000000610. The lowest BCUT2D eigenvalue weighted by Crippen LogP contribution is -2.00. The third kappa shape index (κ3) is 88.7. The summed E-state index contributed by atoms with van der Waals surface area (Å²) in [5.74, 6) is -0.245. The molecule has 0 aliphatic heterocycles. The predicted molar refractivity (Wildman–Crippen MR) is 70.1 cm³/mol. The molecule has 0 bridgehead atoms. The minimum absolute atomic E-state index is 0.245. The molecule has 15 heavy (non-hydrogen) atoms. The van der Waals surface area contributed by atoms with Gasteiger partial charge in [0.1, 0.15) is 0 Å². The maximum Gasteiger partial charge on any atom is 0.302 e. The largest absolute Gasteiger partial charge is 0.469 e. The van der Waals surface area contributed by atoms with Crippen LogP contribution in [-0.2, 0) is 9.53 Å².